The van der Waals surface area contributed by atoms with E-state index in [1.165, 1.54) is 12.1 Å². The Bertz CT molecular complexity index is 1200. The molecule has 34 heavy (non-hydrogen) atoms. The Labute approximate surface area is 200 Å². The summed E-state index contributed by atoms with van der Waals surface area (Å²) in [6.07, 6.45) is 1.44. The quantitative estimate of drug-likeness (QED) is 0.634. The molecular formula is C25H30FN3O4S. The number of piperazine rings is 1. The summed E-state index contributed by atoms with van der Waals surface area (Å²) in [6.45, 7) is 10.0. The number of halogens is 1. The molecule has 2 aliphatic heterocycles. The maximum absolute atomic E-state index is 14.4. The number of nitrogens with zero attached hydrogens (tertiary/aromatic N) is 2. The fourth-order valence-corrected chi connectivity index (χ4v) is 5.83. The fraction of sp³-hybridized carbons (Fsp3) is 0.400. The number of ether oxygens (including phenoxy) is 1. The van der Waals surface area contributed by atoms with Gasteiger partial charge in [-0.05, 0) is 67.3 Å². The molecule has 2 atom stereocenters. The number of benzene rings is 2. The average Bonchev–Trinajstić information content (AvgIpc) is 2.80. The number of hydrogen-bond acceptors (Lipinski definition) is 5. The van der Waals surface area contributed by atoms with E-state index in [1.807, 2.05) is 13.0 Å². The number of aryl methyl sites for hydroxylation is 1. The van der Waals surface area contributed by atoms with Gasteiger partial charge in [0.05, 0.1) is 4.90 Å². The van der Waals surface area contributed by atoms with Gasteiger partial charge >= 0.3 is 0 Å². The molecule has 1 saturated heterocycles. The second kappa shape index (κ2) is 9.85. The average molecular weight is 488 g/mol. The molecule has 0 radical (unpaired) electrons. The van der Waals surface area contributed by atoms with Gasteiger partial charge in [-0.1, -0.05) is 18.7 Å². The lowest BCUT2D eigenvalue weighted by molar-refractivity contribution is -0.130. The second-order valence-corrected chi connectivity index (χ2v) is 10.6. The van der Waals surface area contributed by atoms with Crippen LogP contribution in [0.4, 0.5) is 4.39 Å². The van der Waals surface area contributed by atoms with Crippen LogP contribution in [0.1, 0.15) is 29.7 Å². The molecule has 2 heterocycles. The van der Waals surface area contributed by atoms with Crippen molar-refractivity contribution in [2.75, 3.05) is 32.7 Å². The third kappa shape index (κ3) is 5.16. The molecule has 0 aliphatic carbocycles. The Morgan fingerprint density at radius 1 is 1.29 bits per heavy atom. The van der Waals surface area contributed by atoms with E-state index in [-0.39, 0.29) is 22.7 Å². The lowest BCUT2D eigenvalue weighted by Crippen LogP contribution is -2.54. The smallest absolute Gasteiger partial charge is 0.246 e. The van der Waals surface area contributed by atoms with Crippen molar-refractivity contribution in [3.63, 3.8) is 0 Å². The minimum Gasteiger partial charge on any atom is -0.484 e. The zero-order chi connectivity index (χ0) is 24.5. The van der Waals surface area contributed by atoms with Gasteiger partial charge in [0.1, 0.15) is 17.7 Å². The fourth-order valence-electron chi connectivity index (χ4n) is 4.55. The predicted molar refractivity (Wildman–Crippen MR) is 128 cm³/mol. The van der Waals surface area contributed by atoms with Crippen LogP contribution in [-0.4, -0.2) is 62.9 Å². The van der Waals surface area contributed by atoms with Crippen LogP contribution in [0, 0.1) is 12.7 Å². The first-order valence-corrected chi connectivity index (χ1v) is 12.9. The normalized spacial score (nSPS) is 20.9. The third-order valence-corrected chi connectivity index (χ3v) is 8.01. The SMILES string of the molecule is C=CC(=O)N1CCN(C[C@H](Oc2ccc3c(c2)CCNS3(=O)=O)c2ccc(C)c(F)c2)C[C@H]1C. The monoisotopic (exact) mass is 487 g/mol. The summed E-state index contributed by atoms with van der Waals surface area (Å²) in [5, 5.41) is 0. The minimum atomic E-state index is -3.50. The van der Waals surface area contributed by atoms with Gasteiger partial charge in [0.15, 0.2) is 0 Å². The molecule has 4 rings (SSSR count). The van der Waals surface area contributed by atoms with E-state index in [4.69, 9.17) is 4.74 Å². The molecule has 0 unspecified atom stereocenters. The zero-order valence-electron chi connectivity index (χ0n) is 19.5. The van der Waals surface area contributed by atoms with Gasteiger partial charge in [0.2, 0.25) is 15.9 Å². The lowest BCUT2D eigenvalue weighted by Gasteiger charge is -2.40. The molecule has 1 fully saturated rings. The molecule has 182 valence electrons. The summed E-state index contributed by atoms with van der Waals surface area (Å²) in [7, 11) is -3.50. The van der Waals surface area contributed by atoms with E-state index in [0.29, 0.717) is 61.6 Å². The zero-order valence-corrected chi connectivity index (χ0v) is 20.3. The van der Waals surface area contributed by atoms with Crippen molar-refractivity contribution >= 4 is 15.9 Å². The van der Waals surface area contributed by atoms with E-state index in [0.717, 1.165) is 0 Å². The molecule has 2 aromatic rings. The van der Waals surface area contributed by atoms with Crippen LogP contribution in [0.25, 0.3) is 0 Å². The summed E-state index contributed by atoms with van der Waals surface area (Å²) in [5.74, 6) is 0.151. The first kappa shape index (κ1) is 24.4. The highest BCUT2D eigenvalue weighted by Gasteiger charge is 2.29. The molecule has 2 aliphatic rings. The van der Waals surface area contributed by atoms with E-state index < -0.39 is 16.1 Å². The molecule has 9 heteroatoms. The van der Waals surface area contributed by atoms with Crippen molar-refractivity contribution in [3.8, 4) is 5.75 Å². The third-order valence-electron chi connectivity index (χ3n) is 6.45. The van der Waals surface area contributed by atoms with Gasteiger partial charge in [0, 0.05) is 38.8 Å². The van der Waals surface area contributed by atoms with Crippen LogP contribution in [0.3, 0.4) is 0 Å². The number of hydrogen-bond donors (Lipinski definition) is 1. The molecular weight excluding hydrogens is 457 g/mol. The number of fused-ring (bicyclic) bond motifs is 1. The number of rotatable bonds is 6. The molecule has 0 spiro atoms. The van der Waals surface area contributed by atoms with E-state index >= 15 is 0 Å². The number of sulfonamides is 1. The van der Waals surface area contributed by atoms with Gasteiger partial charge < -0.3 is 9.64 Å². The number of carbonyl (C=O) groups is 1. The summed E-state index contributed by atoms with van der Waals surface area (Å²) in [5.41, 5.74) is 1.96. The van der Waals surface area contributed by atoms with Crippen LogP contribution in [0.5, 0.6) is 5.75 Å². The van der Waals surface area contributed by atoms with Gasteiger partial charge in [-0.3, -0.25) is 9.69 Å². The lowest BCUT2D eigenvalue weighted by atomic mass is 10.0. The van der Waals surface area contributed by atoms with Crippen molar-refractivity contribution < 1.29 is 22.3 Å². The standard InChI is InChI=1S/C25H30FN3O4S/c1-4-25(30)29-12-11-28(15-18(29)3)16-23(19-6-5-17(2)22(26)14-19)33-21-7-8-24-20(13-21)9-10-27-34(24,31)32/h4-8,13-14,18,23,27H,1,9-12,15-16H2,2-3H3/t18-,23+/m1/s1. The Morgan fingerprint density at radius 3 is 2.79 bits per heavy atom. The van der Waals surface area contributed by atoms with E-state index in [1.54, 1.807) is 36.1 Å². The number of carbonyl (C=O) groups excluding carboxylic acids is 1. The van der Waals surface area contributed by atoms with Crippen LogP contribution < -0.4 is 9.46 Å². The van der Waals surface area contributed by atoms with Gasteiger partial charge in [-0.15, -0.1) is 0 Å². The van der Waals surface area contributed by atoms with Crippen LogP contribution >= 0.6 is 0 Å². The highest BCUT2D eigenvalue weighted by molar-refractivity contribution is 7.89. The first-order chi connectivity index (χ1) is 16.2. The number of nitrogens with one attached hydrogen (secondary N) is 1. The predicted octanol–water partition coefficient (Wildman–Crippen LogP) is 2.81. The molecule has 1 amide bonds. The highest BCUT2D eigenvalue weighted by Crippen LogP contribution is 2.30. The summed E-state index contributed by atoms with van der Waals surface area (Å²) >= 11 is 0. The molecule has 2 aromatic carbocycles. The van der Waals surface area contributed by atoms with Crippen LogP contribution in [0.15, 0.2) is 53.9 Å². The molecule has 1 N–H and O–H groups in total. The van der Waals surface area contributed by atoms with Crippen molar-refractivity contribution in [1.29, 1.82) is 0 Å². The van der Waals surface area contributed by atoms with Crippen LogP contribution in [0.2, 0.25) is 0 Å². The maximum Gasteiger partial charge on any atom is 0.246 e. The maximum atomic E-state index is 14.4. The van der Waals surface area contributed by atoms with E-state index in [2.05, 4.69) is 16.2 Å². The largest absolute Gasteiger partial charge is 0.484 e. The molecule has 7 nitrogen and oxygen atoms in total. The first-order valence-electron chi connectivity index (χ1n) is 11.4. The van der Waals surface area contributed by atoms with Crippen LogP contribution in [-0.2, 0) is 21.2 Å². The summed E-state index contributed by atoms with van der Waals surface area (Å²) in [6, 6.07) is 10.1. The van der Waals surface area contributed by atoms with Crippen molar-refractivity contribution in [1.82, 2.24) is 14.5 Å². The Kier molecular flexibility index (Phi) is 7.06. The van der Waals surface area contributed by atoms with Crippen molar-refractivity contribution in [2.45, 2.75) is 37.3 Å². The highest BCUT2D eigenvalue weighted by atomic mass is 32.2. The van der Waals surface area contributed by atoms with Crippen molar-refractivity contribution in [2.24, 2.45) is 0 Å². The van der Waals surface area contributed by atoms with Gasteiger partial charge in [-0.2, -0.15) is 0 Å². The van der Waals surface area contributed by atoms with E-state index in [9.17, 15) is 17.6 Å². The minimum absolute atomic E-state index is 0.0103. The Morgan fingerprint density at radius 2 is 2.09 bits per heavy atom. The topological polar surface area (TPSA) is 79.0 Å². The summed E-state index contributed by atoms with van der Waals surface area (Å²) < 4.78 is 47.8. The molecule has 0 aromatic heterocycles. The summed E-state index contributed by atoms with van der Waals surface area (Å²) in [4.78, 5) is 16.3. The van der Waals surface area contributed by atoms with Gasteiger partial charge in [0.25, 0.3) is 0 Å². The Balaban J connectivity index is 1.58. The molecule has 0 bridgehead atoms. The van der Waals surface area contributed by atoms with Gasteiger partial charge in [-0.25, -0.2) is 17.5 Å². The number of amides is 1. The Hall–Kier alpha value is -2.75. The molecule has 0 saturated carbocycles. The van der Waals surface area contributed by atoms with Crippen molar-refractivity contribution in [3.05, 3.63) is 71.6 Å². The second-order valence-electron chi connectivity index (χ2n) is 8.88.